The van der Waals surface area contributed by atoms with Crippen LogP contribution in [0.2, 0.25) is 0 Å². The summed E-state index contributed by atoms with van der Waals surface area (Å²) in [4.78, 5) is 13.4. The lowest BCUT2D eigenvalue weighted by molar-refractivity contribution is -0.145. The molecule has 1 rings (SSSR count). The number of morpholine rings is 1. The van der Waals surface area contributed by atoms with Crippen molar-refractivity contribution in [3.05, 3.63) is 0 Å². The van der Waals surface area contributed by atoms with Crippen LogP contribution >= 0.6 is 0 Å². The number of rotatable bonds is 2. The third-order valence-electron chi connectivity index (χ3n) is 2.33. The molecule has 5 heteroatoms. The van der Waals surface area contributed by atoms with Gasteiger partial charge in [-0.3, -0.25) is 4.79 Å². The van der Waals surface area contributed by atoms with E-state index in [1.54, 1.807) is 4.90 Å². The van der Waals surface area contributed by atoms with E-state index in [9.17, 15) is 4.79 Å². The number of ether oxygens (including phenoxy) is 1. The van der Waals surface area contributed by atoms with Gasteiger partial charge in [-0.15, -0.1) is 0 Å². The Balaban J connectivity index is -0.000000162. The van der Waals surface area contributed by atoms with E-state index in [2.05, 4.69) is 5.32 Å². The summed E-state index contributed by atoms with van der Waals surface area (Å²) in [5.41, 5.74) is 0. The summed E-state index contributed by atoms with van der Waals surface area (Å²) in [5.74, 6) is 0.0715. The Labute approximate surface area is 129 Å². The van der Waals surface area contributed by atoms with E-state index in [-0.39, 0.29) is 26.5 Å². The van der Waals surface area contributed by atoms with Gasteiger partial charge in [0.25, 0.3) is 5.91 Å². The molecule has 0 aromatic heterocycles. The van der Waals surface area contributed by atoms with Crippen molar-refractivity contribution in [1.29, 1.82) is 0 Å². The van der Waals surface area contributed by atoms with Crippen LogP contribution < -0.4 is 5.32 Å². The van der Waals surface area contributed by atoms with Gasteiger partial charge >= 0.3 is 0 Å². The first-order chi connectivity index (χ1) is 9.13. The van der Waals surface area contributed by atoms with Crippen molar-refractivity contribution in [3.8, 4) is 0 Å². The molecule has 0 saturated carbocycles. The smallest absolute Gasteiger partial charge is 0.253 e. The Hall–Kier alpha value is -0.545. The van der Waals surface area contributed by atoms with Crippen LogP contribution in [0.1, 0.15) is 55.4 Å². The molecule has 1 unspecified atom stereocenters. The SMILES string of the molecule is CC.CC.CC.CC(C)N(C)C(=O)C1CNCCO1.[B]. The van der Waals surface area contributed by atoms with Gasteiger partial charge in [-0.1, -0.05) is 41.5 Å². The zero-order valence-electron chi connectivity index (χ0n) is 15.1. The van der Waals surface area contributed by atoms with E-state index in [1.807, 2.05) is 62.4 Å². The van der Waals surface area contributed by atoms with Crippen molar-refractivity contribution in [2.24, 2.45) is 0 Å². The highest BCUT2D eigenvalue weighted by atomic mass is 16.5. The molecule has 3 radical (unpaired) electrons. The standard InChI is InChI=1S/C9H18N2O2.3C2H6.B/c1-7(2)11(3)9(12)8-6-10-4-5-13-8;3*1-2;/h7-8,10H,4-6H2,1-3H3;3*1-2H3;. The molecular formula is C15H36BN2O2. The molecule has 1 atom stereocenters. The van der Waals surface area contributed by atoms with Gasteiger partial charge in [-0.05, 0) is 13.8 Å². The quantitative estimate of drug-likeness (QED) is 0.794. The van der Waals surface area contributed by atoms with Crippen LogP contribution in [-0.2, 0) is 9.53 Å². The second kappa shape index (κ2) is 20.8. The van der Waals surface area contributed by atoms with Crippen molar-refractivity contribution < 1.29 is 9.53 Å². The summed E-state index contributed by atoms with van der Waals surface area (Å²) in [7, 11) is 1.81. The van der Waals surface area contributed by atoms with Gasteiger partial charge in [0.15, 0.2) is 0 Å². The molecule has 20 heavy (non-hydrogen) atoms. The molecule has 1 saturated heterocycles. The molecule has 121 valence electrons. The molecule has 0 bridgehead atoms. The van der Waals surface area contributed by atoms with Crippen molar-refractivity contribution >= 4 is 14.3 Å². The molecule has 1 aliphatic heterocycles. The maximum Gasteiger partial charge on any atom is 0.253 e. The van der Waals surface area contributed by atoms with Gasteiger partial charge in [-0.25, -0.2) is 0 Å². The first-order valence-corrected chi connectivity index (χ1v) is 7.72. The molecule has 0 aromatic carbocycles. The maximum atomic E-state index is 11.7. The van der Waals surface area contributed by atoms with Crippen LogP contribution in [0, 0.1) is 0 Å². The molecule has 1 N–H and O–H groups in total. The average Bonchev–Trinajstić information content (AvgIpc) is 2.52. The molecule has 0 aromatic rings. The number of carbonyl (C=O) groups is 1. The molecule has 1 aliphatic rings. The fourth-order valence-corrected chi connectivity index (χ4v) is 1.21. The summed E-state index contributed by atoms with van der Waals surface area (Å²) in [6.45, 7) is 18.1. The van der Waals surface area contributed by atoms with E-state index in [4.69, 9.17) is 4.74 Å². The molecule has 1 heterocycles. The summed E-state index contributed by atoms with van der Waals surface area (Å²) in [6, 6.07) is 0.234. The third kappa shape index (κ3) is 12.5. The van der Waals surface area contributed by atoms with Crippen molar-refractivity contribution in [2.75, 3.05) is 26.7 Å². The number of nitrogens with zero attached hydrogens (tertiary/aromatic N) is 1. The molecule has 1 amide bonds. The first kappa shape index (κ1) is 27.7. The largest absolute Gasteiger partial charge is 0.366 e. The summed E-state index contributed by atoms with van der Waals surface area (Å²) >= 11 is 0. The Bertz CT molecular complexity index is 185. The Morgan fingerprint density at radius 1 is 1.15 bits per heavy atom. The summed E-state index contributed by atoms with van der Waals surface area (Å²) in [6.07, 6.45) is -0.291. The monoisotopic (exact) mass is 287 g/mol. The minimum Gasteiger partial charge on any atom is -0.366 e. The maximum absolute atomic E-state index is 11.7. The third-order valence-corrected chi connectivity index (χ3v) is 2.33. The van der Waals surface area contributed by atoms with Crippen LogP contribution in [0.3, 0.4) is 0 Å². The molecule has 0 aliphatic carbocycles. The first-order valence-electron chi connectivity index (χ1n) is 7.72. The van der Waals surface area contributed by atoms with Crippen LogP contribution in [0.5, 0.6) is 0 Å². The van der Waals surface area contributed by atoms with E-state index >= 15 is 0 Å². The second-order valence-corrected chi connectivity index (χ2v) is 3.61. The lowest BCUT2D eigenvalue weighted by atomic mass is 10.2. The van der Waals surface area contributed by atoms with Gasteiger partial charge < -0.3 is 15.0 Å². The van der Waals surface area contributed by atoms with Crippen LogP contribution in [0.4, 0.5) is 0 Å². The highest BCUT2D eigenvalue weighted by Crippen LogP contribution is 2.03. The molecule has 0 spiro atoms. The van der Waals surface area contributed by atoms with Gasteiger partial charge in [0.2, 0.25) is 0 Å². The summed E-state index contributed by atoms with van der Waals surface area (Å²) in [5, 5.41) is 3.14. The van der Waals surface area contributed by atoms with E-state index in [0.717, 1.165) is 6.54 Å². The average molecular weight is 287 g/mol. The predicted molar refractivity (Wildman–Crippen MR) is 90.3 cm³/mol. The zero-order valence-corrected chi connectivity index (χ0v) is 15.1. The number of carbonyl (C=O) groups excluding carboxylic acids is 1. The highest BCUT2D eigenvalue weighted by molar-refractivity contribution is 5.81. The topological polar surface area (TPSA) is 41.6 Å². The number of hydrogen-bond acceptors (Lipinski definition) is 3. The van der Waals surface area contributed by atoms with Gasteiger partial charge in [0.1, 0.15) is 6.10 Å². The zero-order chi connectivity index (χ0) is 15.8. The minimum atomic E-state index is -0.291. The Kier molecular flexibility index (Phi) is 28.8. The fourth-order valence-electron chi connectivity index (χ4n) is 1.21. The lowest BCUT2D eigenvalue weighted by Gasteiger charge is -2.29. The number of hydrogen-bond donors (Lipinski definition) is 1. The van der Waals surface area contributed by atoms with E-state index in [1.165, 1.54) is 0 Å². The Morgan fingerprint density at radius 2 is 1.60 bits per heavy atom. The van der Waals surface area contributed by atoms with Crippen molar-refractivity contribution in [1.82, 2.24) is 10.2 Å². The van der Waals surface area contributed by atoms with Crippen LogP contribution in [-0.4, -0.2) is 58.1 Å². The number of likely N-dealkylation sites (N-methyl/N-ethyl adjacent to an activating group) is 1. The van der Waals surface area contributed by atoms with Gasteiger partial charge in [0, 0.05) is 34.6 Å². The van der Waals surface area contributed by atoms with Crippen LogP contribution in [0.15, 0.2) is 0 Å². The molecule has 1 fully saturated rings. The van der Waals surface area contributed by atoms with Crippen molar-refractivity contribution in [2.45, 2.75) is 67.5 Å². The highest BCUT2D eigenvalue weighted by Gasteiger charge is 2.25. The van der Waals surface area contributed by atoms with Crippen molar-refractivity contribution in [3.63, 3.8) is 0 Å². The Morgan fingerprint density at radius 3 is 1.90 bits per heavy atom. The molecular weight excluding hydrogens is 251 g/mol. The van der Waals surface area contributed by atoms with E-state index in [0.29, 0.717) is 13.2 Å². The predicted octanol–water partition coefficient (Wildman–Crippen LogP) is 2.54. The van der Waals surface area contributed by atoms with E-state index < -0.39 is 0 Å². The lowest BCUT2D eigenvalue weighted by Crippen LogP contribution is -2.49. The van der Waals surface area contributed by atoms with Gasteiger partial charge in [-0.2, -0.15) is 0 Å². The number of amides is 1. The normalized spacial score (nSPS) is 16.0. The summed E-state index contributed by atoms with van der Waals surface area (Å²) < 4.78 is 5.36. The molecule has 4 nitrogen and oxygen atoms in total. The van der Waals surface area contributed by atoms with Gasteiger partial charge in [0.05, 0.1) is 6.61 Å². The minimum absolute atomic E-state index is 0. The fraction of sp³-hybridized carbons (Fsp3) is 0.933. The van der Waals surface area contributed by atoms with Crippen LogP contribution in [0.25, 0.3) is 0 Å². The second-order valence-electron chi connectivity index (χ2n) is 3.61. The number of nitrogens with one attached hydrogen (secondary N) is 1.